The normalized spacial score (nSPS) is 10.7. The number of amides is 1. The highest BCUT2D eigenvalue weighted by Gasteiger charge is 2.11. The summed E-state index contributed by atoms with van der Waals surface area (Å²) in [4.78, 5) is 12.2. The summed E-state index contributed by atoms with van der Waals surface area (Å²) in [5, 5.41) is 18.3. The lowest BCUT2D eigenvalue weighted by atomic mass is 10.2. The van der Waals surface area contributed by atoms with Crippen LogP contribution < -0.4 is 10.6 Å². The van der Waals surface area contributed by atoms with Crippen LogP contribution in [0.3, 0.4) is 0 Å². The number of nitrogens with one attached hydrogen (secondary N) is 2. The first-order valence-corrected chi connectivity index (χ1v) is 8.65. The van der Waals surface area contributed by atoms with Gasteiger partial charge in [-0.2, -0.15) is 11.3 Å². The van der Waals surface area contributed by atoms with E-state index in [9.17, 15) is 4.79 Å². The van der Waals surface area contributed by atoms with Crippen molar-refractivity contribution < 1.29 is 4.79 Å². The molecule has 0 aliphatic carbocycles. The Hall–Kier alpha value is -2.51. The molecule has 0 unspecified atom stereocenters. The summed E-state index contributed by atoms with van der Waals surface area (Å²) in [5.74, 6) is -0.248. The smallest absolute Gasteiger partial charge is 0.277 e. The van der Waals surface area contributed by atoms with Gasteiger partial charge in [-0.05, 0) is 40.9 Å². The van der Waals surface area contributed by atoms with Gasteiger partial charge in [0.1, 0.15) is 0 Å². The molecule has 1 aromatic carbocycles. The van der Waals surface area contributed by atoms with E-state index in [1.54, 1.807) is 22.2 Å². The second-order valence-electron chi connectivity index (χ2n) is 5.44. The molecule has 0 spiro atoms. The molecule has 3 aromatic rings. The lowest BCUT2D eigenvalue weighted by Crippen LogP contribution is -2.19. The van der Waals surface area contributed by atoms with Crippen LogP contribution in [0.1, 0.15) is 21.6 Å². The van der Waals surface area contributed by atoms with Crippen LogP contribution in [0.5, 0.6) is 0 Å². The number of rotatable bonds is 7. The van der Waals surface area contributed by atoms with Crippen LogP contribution in [-0.2, 0) is 13.1 Å². The molecule has 2 N–H and O–H groups in total. The fourth-order valence-corrected chi connectivity index (χ4v) is 2.90. The summed E-state index contributed by atoms with van der Waals surface area (Å²) in [6.45, 7) is 4.21. The number of thiophene rings is 1. The molecule has 0 saturated carbocycles. The lowest BCUT2D eigenvalue weighted by Gasteiger charge is -2.05. The number of benzene rings is 1. The Kier molecular flexibility index (Phi) is 5.35. The zero-order valence-electron chi connectivity index (χ0n) is 13.4. The Morgan fingerprint density at radius 2 is 2.17 bits per heavy atom. The highest BCUT2D eigenvalue weighted by atomic mass is 32.1. The van der Waals surface area contributed by atoms with Crippen molar-refractivity contribution in [3.8, 4) is 0 Å². The van der Waals surface area contributed by atoms with Crippen molar-refractivity contribution in [1.29, 1.82) is 0 Å². The van der Waals surface area contributed by atoms with E-state index in [1.807, 2.05) is 31.2 Å². The van der Waals surface area contributed by atoms with Crippen LogP contribution in [0.2, 0.25) is 0 Å². The SMILES string of the molecule is Cc1ccccc1NC(=O)c1cn(CCNCc2ccsc2)nn1. The molecule has 24 heavy (non-hydrogen) atoms. The summed E-state index contributed by atoms with van der Waals surface area (Å²) in [6, 6.07) is 9.74. The second kappa shape index (κ2) is 7.85. The van der Waals surface area contributed by atoms with Gasteiger partial charge in [-0.15, -0.1) is 5.10 Å². The Labute approximate surface area is 144 Å². The van der Waals surface area contributed by atoms with Crippen molar-refractivity contribution in [2.45, 2.75) is 20.0 Å². The van der Waals surface area contributed by atoms with Crippen LogP contribution in [0.4, 0.5) is 5.69 Å². The van der Waals surface area contributed by atoms with Gasteiger partial charge in [0.2, 0.25) is 0 Å². The number of carbonyl (C=O) groups excluding carboxylic acids is 1. The standard InChI is InChI=1S/C17H19N5OS/c1-13-4-2-3-5-15(13)19-17(23)16-11-22(21-20-16)8-7-18-10-14-6-9-24-12-14/h2-6,9,11-12,18H,7-8,10H2,1H3,(H,19,23). The Morgan fingerprint density at radius 3 is 2.96 bits per heavy atom. The summed E-state index contributed by atoms with van der Waals surface area (Å²) in [5.41, 5.74) is 3.39. The number of hydrogen-bond acceptors (Lipinski definition) is 5. The molecule has 2 heterocycles. The number of aryl methyl sites for hydroxylation is 1. The molecule has 7 heteroatoms. The van der Waals surface area contributed by atoms with Gasteiger partial charge < -0.3 is 10.6 Å². The van der Waals surface area contributed by atoms with Crippen LogP contribution >= 0.6 is 11.3 Å². The average Bonchev–Trinajstić information content (AvgIpc) is 3.25. The summed E-state index contributed by atoms with van der Waals surface area (Å²) in [7, 11) is 0. The molecule has 0 aliphatic rings. The average molecular weight is 341 g/mol. The van der Waals surface area contributed by atoms with Gasteiger partial charge in [0, 0.05) is 18.8 Å². The van der Waals surface area contributed by atoms with Crippen LogP contribution in [-0.4, -0.2) is 27.4 Å². The minimum absolute atomic E-state index is 0.248. The highest BCUT2D eigenvalue weighted by molar-refractivity contribution is 7.07. The van der Waals surface area contributed by atoms with Gasteiger partial charge in [0.15, 0.2) is 5.69 Å². The molecule has 0 saturated heterocycles. The van der Waals surface area contributed by atoms with Gasteiger partial charge in [0.25, 0.3) is 5.91 Å². The summed E-state index contributed by atoms with van der Waals surface area (Å²) in [6.07, 6.45) is 1.67. The van der Waals surface area contributed by atoms with Crippen molar-refractivity contribution in [2.75, 3.05) is 11.9 Å². The maximum Gasteiger partial charge on any atom is 0.277 e. The number of hydrogen-bond donors (Lipinski definition) is 2. The van der Waals surface area contributed by atoms with Crippen molar-refractivity contribution in [2.24, 2.45) is 0 Å². The molecule has 124 valence electrons. The Bertz CT molecular complexity index is 797. The van der Waals surface area contributed by atoms with Crippen molar-refractivity contribution in [3.05, 3.63) is 64.1 Å². The summed E-state index contributed by atoms with van der Waals surface area (Å²) >= 11 is 1.69. The van der Waals surface area contributed by atoms with Gasteiger partial charge in [0.05, 0.1) is 12.7 Å². The van der Waals surface area contributed by atoms with Gasteiger partial charge in [-0.25, -0.2) is 0 Å². The predicted octanol–water partition coefficient (Wildman–Crippen LogP) is 2.69. The Morgan fingerprint density at radius 1 is 1.29 bits per heavy atom. The lowest BCUT2D eigenvalue weighted by molar-refractivity contribution is 0.102. The monoisotopic (exact) mass is 341 g/mol. The zero-order valence-corrected chi connectivity index (χ0v) is 14.2. The third-order valence-electron chi connectivity index (χ3n) is 3.59. The molecule has 3 rings (SSSR count). The van der Waals surface area contributed by atoms with E-state index in [0.717, 1.165) is 24.3 Å². The highest BCUT2D eigenvalue weighted by Crippen LogP contribution is 2.14. The first-order chi connectivity index (χ1) is 11.7. The second-order valence-corrected chi connectivity index (χ2v) is 6.22. The molecule has 0 atom stereocenters. The fraction of sp³-hybridized carbons (Fsp3) is 0.235. The number of aromatic nitrogens is 3. The van der Waals surface area contributed by atoms with E-state index in [0.29, 0.717) is 12.2 Å². The molecule has 6 nitrogen and oxygen atoms in total. The molecular formula is C17H19N5OS. The van der Waals surface area contributed by atoms with Crippen LogP contribution in [0, 0.1) is 6.92 Å². The molecule has 1 amide bonds. The van der Waals surface area contributed by atoms with Crippen LogP contribution in [0.25, 0.3) is 0 Å². The quantitative estimate of drug-likeness (QED) is 0.648. The maximum absolute atomic E-state index is 12.2. The van der Waals surface area contributed by atoms with E-state index < -0.39 is 0 Å². The molecular weight excluding hydrogens is 322 g/mol. The van der Waals surface area contributed by atoms with E-state index in [1.165, 1.54) is 5.56 Å². The Balaban J connectivity index is 1.49. The third-order valence-corrected chi connectivity index (χ3v) is 4.32. The molecule has 0 radical (unpaired) electrons. The molecule has 0 bridgehead atoms. The number of carbonyl (C=O) groups is 1. The number of nitrogens with zero attached hydrogens (tertiary/aromatic N) is 3. The first-order valence-electron chi connectivity index (χ1n) is 7.71. The zero-order chi connectivity index (χ0) is 16.8. The summed E-state index contributed by atoms with van der Waals surface area (Å²) < 4.78 is 1.67. The minimum Gasteiger partial charge on any atom is -0.320 e. The van der Waals surface area contributed by atoms with E-state index in [2.05, 4.69) is 37.8 Å². The van der Waals surface area contributed by atoms with E-state index >= 15 is 0 Å². The molecule has 2 aromatic heterocycles. The van der Waals surface area contributed by atoms with Gasteiger partial charge in [-0.1, -0.05) is 23.4 Å². The number of anilines is 1. The third kappa shape index (κ3) is 4.27. The minimum atomic E-state index is -0.248. The van der Waals surface area contributed by atoms with E-state index in [4.69, 9.17) is 0 Å². The first kappa shape index (κ1) is 16.4. The van der Waals surface area contributed by atoms with Crippen molar-refractivity contribution >= 4 is 22.9 Å². The van der Waals surface area contributed by atoms with Gasteiger partial charge >= 0.3 is 0 Å². The van der Waals surface area contributed by atoms with Crippen LogP contribution in [0.15, 0.2) is 47.3 Å². The van der Waals surface area contributed by atoms with Crippen molar-refractivity contribution in [3.63, 3.8) is 0 Å². The fourth-order valence-electron chi connectivity index (χ4n) is 2.23. The molecule has 0 fully saturated rings. The largest absolute Gasteiger partial charge is 0.320 e. The number of para-hydroxylation sites is 1. The van der Waals surface area contributed by atoms with E-state index in [-0.39, 0.29) is 5.91 Å². The maximum atomic E-state index is 12.2. The van der Waals surface area contributed by atoms with Gasteiger partial charge in [-0.3, -0.25) is 9.48 Å². The topological polar surface area (TPSA) is 71.8 Å². The van der Waals surface area contributed by atoms with Crippen molar-refractivity contribution in [1.82, 2.24) is 20.3 Å². The predicted molar refractivity (Wildman–Crippen MR) is 95.2 cm³/mol. The molecule has 0 aliphatic heterocycles.